The molecule has 1 aromatic carbocycles. The molecule has 1 saturated carbocycles. The number of hydrogen-bond acceptors (Lipinski definition) is 2. The van der Waals surface area contributed by atoms with Gasteiger partial charge in [0.15, 0.2) is 0 Å². The second-order valence-corrected chi connectivity index (χ2v) is 5.89. The summed E-state index contributed by atoms with van der Waals surface area (Å²) in [4.78, 5) is 0. The minimum Gasteiger partial charge on any atom is -0.486 e. The molecule has 0 saturated heterocycles. The molecule has 0 amide bonds. The summed E-state index contributed by atoms with van der Waals surface area (Å²) < 4.78 is 6.10. The number of hydrogen-bond donors (Lipinski definition) is 1. The smallest absolute Gasteiger partial charge is 0.144 e. The van der Waals surface area contributed by atoms with Crippen LogP contribution in [0, 0.1) is 5.41 Å². The van der Waals surface area contributed by atoms with Crippen molar-refractivity contribution in [3.05, 3.63) is 23.2 Å². The third-order valence-electron chi connectivity index (χ3n) is 3.77. The number of benzene rings is 1. The number of nitrogens with one attached hydrogen (secondary N) is 1. The van der Waals surface area contributed by atoms with E-state index >= 15 is 0 Å². The van der Waals surface area contributed by atoms with E-state index in [0.717, 1.165) is 16.5 Å². The van der Waals surface area contributed by atoms with Gasteiger partial charge in [-0.3, -0.25) is 0 Å². The Morgan fingerprint density at radius 1 is 1.44 bits per heavy atom. The summed E-state index contributed by atoms with van der Waals surface area (Å²) in [5.74, 6) is 0.892. The maximum atomic E-state index is 6.10. The highest BCUT2D eigenvalue weighted by Crippen LogP contribution is 2.46. The van der Waals surface area contributed by atoms with Crippen molar-refractivity contribution in [3.8, 4) is 5.75 Å². The van der Waals surface area contributed by atoms with Gasteiger partial charge in [0.2, 0.25) is 0 Å². The molecule has 86 valence electrons. The fourth-order valence-electron chi connectivity index (χ4n) is 2.80. The Labute approximate surface area is 101 Å². The minimum atomic E-state index is 0.248. The lowest BCUT2D eigenvalue weighted by Crippen LogP contribution is -2.43. The summed E-state index contributed by atoms with van der Waals surface area (Å²) >= 11 is 5.98. The Hall–Kier alpha value is -0.890. The van der Waals surface area contributed by atoms with Crippen LogP contribution in [0.25, 0.3) is 0 Å². The molecule has 3 rings (SSSR count). The van der Waals surface area contributed by atoms with Gasteiger partial charge in [-0.1, -0.05) is 25.4 Å². The molecule has 2 nitrogen and oxygen atoms in total. The van der Waals surface area contributed by atoms with Crippen LogP contribution in [-0.2, 0) is 0 Å². The van der Waals surface area contributed by atoms with Gasteiger partial charge in [-0.15, -0.1) is 0 Å². The van der Waals surface area contributed by atoms with Gasteiger partial charge in [-0.05, 0) is 25.0 Å². The molecule has 0 radical (unpaired) electrons. The molecule has 1 aromatic rings. The monoisotopic (exact) mass is 237 g/mol. The average Bonchev–Trinajstić information content (AvgIpc) is 2.52. The molecular weight excluding hydrogens is 222 g/mol. The van der Waals surface area contributed by atoms with E-state index in [2.05, 4.69) is 19.2 Å². The Balaban J connectivity index is 1.98. The molecule has 2 unspecified atom stereocenters. The lowest BCUT2D eigenvalue weighted by Gasteiger charge is -2.36. The van der Waals surface area contributed by atoms with E-state index < -0.39 is 0 Å². The largest absolute Gasteiger partial charge is 0.486 e. The second kappa shape index (κ2) is 3.30. The number of anilines is 1. The summed E-state index contributed by atoms with van der Waals surface area (Å²) in [6, 6.07) is 6.24. The summed E-state index contributed by atoms with van der Waals surface area (Å²) in [7, 11) is 0. The van der Waals surface area contributed by atoms with Gasteiger partial charge in [0.1, 0.15) is 11.9 Å². The van der Waals surface area contributed by atoms with Crippen molar-refractivity contribution >= 4 is 17.3 Å². The van der Waals surface area contributed by atoms with Crippen molar-refractivity contribution < 1.29 is 4.74 Å². The van der Waals surface area contributed by atoms with E-state index in [-0.39, 0.29) is 11.5 Å². The minimum absolute atomic E-state index is 0.248. The fraction of sp³-hybridized carbons (Fsp3) is 0.538. The first-order valence-corrected chi connectivity index (χ1v) is 6.17. The predicted molar refractivity (Wildman–Crippen MR) is 66.3 cm³/mol. The zero-order valence-corrected chi connectivity index (χ0v) is 10.3. The number of rotatable bonds is 0. The van der Waals surface area contributed by atoms with Gasteiger partial charge in [-0.2, -0.15) is 0 Å². The first-order valence-electron chi connectivity index (χ1n) is 5.79. The zero-order valence-electron chi connectivity index (χ0n) is 9.59. The quantitative estimate of drug-likeness (QED) is 0.743. The first-order chi connectivity index (χ1) is 7.56. The van der Waals surface area contributed by atoms with Crippen molar-refractivity contribution in [1.82, 2.24) is 0 Å². The Morgan fingerprint density at radius 2 is 2.25 bits per heavy atom. The summed E-state index contributed by atoms with van der Waals surface area (Å²) in [5, 5.41) is 4.29. The molecule has 16 heavy (non-hydrogen) atoms. The third kappa shape index (κ3) is 1.47. The van der Waals surface area contributed by atoms with Crippen LogP contribution in [0.4, 0.5) is 5.69 Å². The van der Waals surface area contributed by atoms with E-state index in [1.807, 2.05) is 18.2 Å². The maximum Gasteiger partial charge on any atom is 0.144 e. The van der Waals surface area contributed by atoms with Crippen LogP contribution in [-0.4, -0.2) is 12.1 Å². The molecule has 0 spiro atoms. The molecule has 1 fully saturated rings. The summed E-state index contributed by atoms with van der Waals surface area (Å²) in [6.07, 6.45) is 2.65. The Kier molecular flexibility index (Phi) is 2.12. The van der Waals surface area contributed by atoms with Crippen molar-refractivity contribution in [1.29, 1.82) is 0 Å². The second-order valence-electron chi connectivity index (χ2n) is 5.46. The van der Waals surface area contributed by atoms with Gasteiger partial charge in [0.05, 0.1) is 11.7 Å². The molecule has 0 aromatic heterocycles. The van der Waals surface area contributed by atoms with Gasteiger partial charge < -0.3 is 10.1 Å². The van der Waals surface area contributed by atoms with Crippen LogP contribution < -0.4 is 10.1 Å². The fourth-order valence-corrected chi connectivity index (χ4v) is 2.97. The molecule has 1 N–H and O–H groups in total. The molecule has 3 heteroatoms. The van der Waals surface area contributed by atoms with Gasteiger partial charge >= 0.3 is 0 Å². The lowest BCUT2D eigenvalue weighted by molar-refractivity contribution is 0.0901. The Morgan fingerprint density at radius 3 is 3.06 bits per heavy atom. The van der Waals surface area contributed by atoms with Gasteiger partial charge in [0, 0.05) is 16.5 Å². The average molecular weight is 238 g/mol. The SMILES string of the molecule is CC1(C)CCC2Nc3ccc(Cl)cc3OC21. The van der Waals surface area contributed by atoms with E-state index in [1.165, 1.54) is 12.8 Å². The van der Waals surface area contributed by atoms with Crippen LogP contribution in [0.2, 0.25) is 5.02 Å². The standard InChI is InChI=1S/C13H16ClNO/c1-13(2)6-5-10-12(13)16-11-7-8(14)3-4-9(11)15-10/h3-4,7,10,12,15H,5-6H2,1-2H3. The van der Waals surface area contributed by atoms with Crippen molar-refractivity contribution in [3.63, 3.8) is 0 Å². The molecule has 2 aliphatic rings. The molecular formula is C13H16ClNO. The van der Waals surface area contributed by atoms with Gasteiger partial charge in [-0.25, -0.2) is 0 Å². The highest BCUT2D eigenvalue weighted by atomic mass is 35.5. The van der Waals surface area contributed by atoms with Crippen LogP contribution in [0.1, 0.15) is 26.7 Å². The van der Waals surface area contributed by atoms with Crippen LogP contribution in [0.3, 0.4) is 0 Å². The number of halogens is 1. The molecule has 1 heterocycles. The van der Waals surface area contributed by atoms with Crippen LogP contribution in [0.5, 0.6) is 5.75 Å². The zero-order chi connectivity index (χ0) is 11.3. The highest BCUT2D eigenvalue weighted by molar-refractivity contribution is 6.30. The van der Waals surface area contributed by atoms with E-state index in [0.29, 0.717) is 6.04 Å². The third-order valence-corrected chi connectivity index (χ3v) is 4.01. The van der Waals surface area contributed by atoms with Crippen molar-refractivity contribution in [2.75, 3.05) is 5.32 Å². The van der Waals surface area contributed by atoms with E-state index in [9.17, 15) is 0 Å². The first kappa shape index (κ1) is 10.3. The van der Waals surface area contributed by atoms with Gasteiger partial charge in [0.25, 0.3) is 0 Å². The molecule has 0 bridgehead atoms. The normalized spacial score (nSPS) is 29.9. The van der Waals surface area contributed by atoms with Crippen LogP contribution >= 0.6 is 11.6 Å². The maximum absolute atomic E-state index is 6.10. The Bertz CT molecular complexity index is 430. The topological polar surface area (TPSA) is 21.3 Å². The summed E-state index contributed by atoms with van der Waals surface area (Å²) in [6.45, 7) is 4.55. The molecule has 1 aliphatic heterocycles. The predicted octanol–water partition coefficient (Wildman–Crippen LogP) is 3.70. The van der Waals surface area contributed by atoms with E-state index in [4.69, 9.17) is 16.3 Å². The van der Waals surface area contributed by atoms with Crippen molar-refractivity contribution in [2.45, 2.75) is 38.8 Å². The summed E-state index contributed by atoms with van der Waals surface area (Å²) in [5.41, 5.74) is 1.32. The van der Waals surface area contributed by atoms with Crippen molar-refractivity contribution in [2.24, 2.45) is 5.41 Å². The van der Waals surface area contributed by atoms with E-state index in [1.54, 1.807) is 0 Å². The van der Waals surface area contributed by atoms with Crippen LogP contribution in [0.15, 0.2) is 18.2 Å². The molecule has 1 aliphatic carbocycles. The number of ether oxygens (including phenoxy) is 1. The molecule has 2 atom stereocenters. The number of fused-ring (bicyclic) bond motifs is 2. The highest BCUT2D eigenvalue weighted by Gasteiger charge is 2.46. The lowest BCUT2D eigenvalue weighted by atomic mass is 9.88.